The van der Waals surface area contributed by atoms with Crippen LogP contribution in [0.2, 0.25) is 0 Å². The number of hydrogen-bond acceptors (Lipinski definition) is 5. The summed E-state index contributed by atoms with van der Waals surface area (Å²) >= 11 is 0. The van der Waals surface area contributed by atoms with Crippen LogP contribution in [-0.2, 0) is 10.2 Å². The number of nitrogens with one attached hydrogen (secondary N) is 1. The molecule has 1 spiro atoms. The first-order chi connectivity index (χ1) is 21.0. The van der Waals surface area contributed by atoms with Crippen LogP contribution in [0, 0.1) is 11.7 Å². The molecule has 214 valence electrons. The molecule has 4 atom stereocenters. The number of Topliss-reactive ketones (excluding diaryl/α,β-unsaturated/α-hetero) is 2. The van der Waals surface area contributed by atoms with Gasteiger partial charge in [0.2, 0.25) is 5.91 Å². The first kappa shape index (κ1) is 26.8. The molecule has 6 nitrogen and oxygen atoms in total. The summed E-state index contributed by atoms with van der Waals surface area (Å²) in [5.41, 5.74) is 2.14. The van der Waals surface area contributed by atoms with Crippen molar-refractivity contribution in [2.45, 2.75) is 30.8 Å². The van der Waals surface area contributed by atoms with Crippen LogP contribution in [0.25, 0.3) is 6.08 Å². The normalized spacial score (nSPS) is 23.0. The van der Waals surface area contributed by atoms with Gasteiger partial charge in [0, 0.05) is 17.5 Å². The number of hydrogen-bond donors (Lipinski definition) is 1. The first-order valence-corrected chi connectivity index (χ1v) is 14.5. The molecule has 0 unspecified atom stereocenters. The molecule has 43 heavy (non-hydrogen) atoms. The van der Waals surface area contributed by atoms with E-state index in [0.29, 0.717) is 29.2 Å². The second kappa shape index (κ2) is 10.3. The largest absolute Gasteiger partial charge is 0.493 e. The second-order valence-corrected chi connectivity index (χ2v) is 11.2. The predicted molar refractivity (Wildman–Crippen MR) is 161 cm³/mol. The number of nitrogens with zero attached hydrogens (tertiary/aromatic N) is 1. The Balaban J connectivity index is 1.51. The Morgan fingerprint density at radius 1 is 0.907 bits per heavy atom. The third-order valence-corrected chi connectivity index (χ3v) is 8.86. The van der Waals surface area contributed by atoms with E-state index in [2.05, 4.69) is 5.32 Å². The van der Waals surface area contributed by atoms with Crippen LogP contribution in [0.5, 0.6) is 5.75 Å². The fourth-order valence-corrected chi connectivity index (χ4v) is 7.13. The summed E-state index contributed by atoms with van der Waals surface area (Å²) in [5, 5.41) is 3.04. The van der Waals surface area contributed by atoms with Crippen molar-refractivity contribution in [3.63, 3.8) is 0 Å². The van der Waals surface area contributed by atoms with E-state index in [1.165, 1.54) is 24.3 Å². The number of anilines is 1. The lowest BCUT2D eigenvalue weighted by molar-refractivity contribution is -0.122. The molecule has 7 heteroatoms. The minimum atomic E-state index is -1.46. The number of carbonyl (C=O) groups is 3. The van der Waals surface area contributed by atoms with Gasteiger partial charge in [-0.3, -0.25) is 14.4 Å². The van der Waals surface area contributed by atoms with Crippen molar-refractivity contribution in [2.75, 3.05) is 11.9 Å². The highest BCUT2D eigenvalue weighted by Crippen LogP contribution is 2.62. The fourth-order valence-electron chi connectivity index (χ4n) is 7.13. The first-order valence-electron chi connectivity index (χ1n) is 14.5. The Bertz CT molecular complexity index is 1800. The average molecular weight is 573 g/mol. The Morgan fingerprint density at radius 2 is 1.63 bits per heavy atom. The van der Waals surface area contributed by atoms with Crippen molar-refractivity contribution in [1.82, 2.24) is 4.90 Å². The van der Waals surface area contributed by atoms with Crippen LogP contribution in [0.4, 0.5) is 10.1 Å². The highest BCUT2D eigenvalue weighted by molar-refractivity contribution is 6.17. The summed E-state index contributed by atoms with van der Waals surface area (Å²) < 4.78 is 20.0. The molecule has 0 aliphatic carbocycles. The number of amides is 1. The van der Waals surface area contributed by atoms with Crippen molar-refractivity contribution in [3.8, 4) is 5.75 Å². The lowest BCUT2D eigenvalue weighted by Crippen LogP contribution is -2.49. The second-order valence-electron chi connectivity index (χ2n) is 11.2. The van der Waals surface area contributed by atoms with Gasteiger partial charge in [0.25, 0.3) is 0 Å². The van der Waals surface area contributed by atoms with Gasteiger partial charge in [0.1, 0.15) is 23.0 Å². The van der Waals surface area contributed by atoms with Crippen molar-refractivity contribution < 1.29 is 23.5 Å². The maximum Gasteiger partial charge on any atom is 0.238 e. The summed E-state index contributed by atoms with van der Waals surface area (Å²) in [6.45, 7) is 2.41. The van der Waals surface area contributed by atoms with Gasteiger partial charge < -0.3 is 15.0 Å². The molecular formula is C36H29FN2O4. The van der Waals surface area contributed by atoms with Crippen molar-refractivity contribution >= 4 is 29.2 Å². The van der Waals surface area contributed by atoms with Crippen LogP contribution in [0.1, 0.15) is 56.8 Å². The highest BCUT2D eigenvalue weighted by atomic mass is 19.1. The summed E-state index contributed by atoms with van der Waals surface area (Å²) in [7, 11) is 0. The molecule has 4 aromatic rings. The van der Waals surface area contributed by atoms with Crippen LogP contribution in [0.15, 0.2) is 103 Å². The van der Waals surface area contributed by atoms with Gasteiger partial charge >= 0.3 is 0 Å². The van der Waals surface area contributed by atoms with Crippen LogP contribution in [-0.4, -0.2) is 35.0 Å². The predicted octanol–water partition coefficient (Wildman–Crippen LogP) is 6.60. The number of carbonyl (C=O) groups excluding carboxylic acids is 3. The molecule has 1 N–H and O–H groups in total. The molecule has 3 heterocycles. The fraction of sp³-hybridized carbons (Fsp3) is 0.194. The molecule has 3 aliphatic heterocycles. The van der Waals surface area contributed by atoms with Crippen LogP contribution >= 0.6 is 0 Å². The van der Waals surface area contributed by atoms with Gasteiger partial charge in [-0.1, -0.05) is 61.5 Å². The average Bonchev–Trinajstić information content (AvgIpc) is 3.52. The van der Waals surface area contributed by atoms with E-state index in [1.54, 1.807) is 24.3 Å². The molecule has 4 aromatic carbocycles. The van der Waals surface area contributed by atoms with E-state index < -0.39 is 35.0 Å². The number of rotatable bonds is 7. The lowest BCUT2D eigenvalue weighted by atomic mass is 9.62. The lowest BCUT2D eigenvalue weighted by Gasteiger charge is -2.38. The van der Waals surface area contributed by atoms with E-state index in [-0.39, 0.29) is 17.3 Å². The zero-order valence-electron chi connectivity index (χ0n) is 23.5. The minimum Gasteiger partial charge on any atom is -0.493 e. The number of ether oxygens (including phenoxy) is 1. The minimum absolute atomic E-state index is 0.230. The molecule has 3 aliphatic rings. The van der Waals surface area contributed by atoms with Gasteiger partial charge in [-0.15, -0.1) is 0 Å². The molecule has 0 bridgehead atoms. The molecular weight excluding hydrogens is 543 g/mol. The van der Waals surface area contributed by atoms with Gasteiger partial charge in [0.15, 0.2) is 11.6 Å². The third kappa shape index (κ3) is 3.95. The smallest absolute Gasteiger partial charge is 0.238 e. The molecule has 1 amide bonds. The van der Waals surface area contributed by atoms with Crippen molar-refractivity contribution in [2.24, 2.45) is 5.92 Å². The quantitative estimate of drug-likeness (QED) is 0.253. The van der Waals surface area contributed by atoms with E-state index in [4.69, 9.17) is 4.74 Å². The molecule has 0 radical (unpaired) electrons. The SMILES string of the molecule is CCCOc1ccccc1C(=O)[C@@H]1[C@H](C(=O)c2ccc(F)cc2)[C@]2(C(=O)Nc3ccccc32)[C@@H]2c3ccccc3C=CN12. The van der Waals surface area contributed by atoms with E-state index in [1.807, 2.05) is 72.6 Å². The molecule has 1 saturated heterocycles. The summed E-state index contributed by atoms with van der Waals surface area (Å²) in [6.07, 6.45) is 4.51. The summed E-state index contributed by atoms with van der Waals surface area (Å²) in [5.74, 6) is -2.27. The zero-order valence-corrected chi connectivity index (χ0v) is 23.5. The van der Waals surface area contributed by atoms with Gasteiger partial charge in [-0.2, -0.15) is 0 Å². The Hall–Kier alpha value is -5.04. The molecule has 7 rings (SSSR count). The van der Waals surface area contributed by atoms with Crippen LogP contribution in [0.3, 0.4) is 0 Å². The van der Waals surface area contributed by atoms with E-state index in [0.717, 1.165) is 17.5 Å². The monoisotopic (exact) mass is 572 g/mol. The van der Waals surface area contributed by atoms with E-state index >= 15 is 0 Å². The molecule has 0 aromatic heterocycles. The number of ketones is 2. The Kier molecular flexibility index (Phi) is 6.46. The maximum atomic E-state index is 14.9. The van der Waals surface area contributed by atoms with Crippen LogP contribution < -0.4 is 10.1 Å². The Labute approximate surface area is 248 Å². The van der Waals surface area contributed by atoms with Gasteiger partial charge in [0.05, 0.1) is 24.1 Å². The summed E-state index contributed by atoms with van der Waals surface area (Å²) in [4.78, 5) is 46.1. The number of para-hydroxylation sites is 2. The zero-order chi connectivity index (χ0) is 29.7. The standard InChI is InChI=1S/C36H29FN2O4/c1-2-21-43-29-14-8-5-11-26(29)33(41)31-30(32(40)23-15-17-24(37)18-16-23)36(27-12-6-7-13-28(27)38-35(36)42)34-25-10-4-3-9-22(25)19-20-39(31)34/h3-20,30-31,34H,2,21H2,1H3,(H,38,42)/t30-,31+,34+,36+/m1/s1. The summed E-state index contributed by atoms with van der Waals surface area (Å²) in [6, 6.07) is 25.7. The maximum absolute atomic E-state index is 14.9. The third-order valence-electron chi connectivity index (χ3n) is 8.86. The Morgan fingerprint density at radius 3 is 2.44 bits per heavy atom. The number of benzene rings is 4. The van der Waals surface area contributed by atoms with Crippen molar-refractivity contribution in [1.29, 1.82) is 0 Å². The van der Waals surface area contributed by atoms with E-state index in [9.17, 15) is 18.8 Å². The number of halogens is 1. The molecule has 0 saturated carbocycles. The topological polar surface area (TPSA) is 75.7 Å². The van der Waals surface area contributed by atoms with Gasteiger partial charge in [-0.05, 0) is 71.7 Å². The van der Waals surface area contributed by atoms with Crippen molar-refractivity contribution in [3.05, 3.63) is 137 Å². The molecule has 1 fully saturated rings. The van der Waals surface area contributed by atoms with Gasteiger partial charge in [-0.25, -0.2) is 4.39 Å². The highest BCUT2D eigenvalue weighted by Gasteiger charge is 2.70. The number of fused-ring (bicyclic) bond motifs is 6.